The Labute approximate surface area is 103 Å². The van der Waals surface area contributed by atoms with Crippen LogP contribution in [0.25, 0.3) is 10.8 Å². The molecule has 0 heterocycles. The zero-order valence-corrected chi connectivity index (χ0v) is 10.4. The van der Waals surface area contributed by atoms with E-state index in [0.29, 0.717) is 6.61 Å². The van der Waals surface area contributed by atoms with E-state index in [1.165, 1.54) is 29.2 Å². The van der Waals surface area contributed by atoms with E-state index in [1.54, 1.807) is 0 Å². The van der Waals surface area contributed by atoms with E-state index in [-0.39, 0.29) is 0 Å². The van der Waals surface area contributed by atoms with E-state index in [0.717, 1.165) is 6.42 Å². The first-order valence-electron chi connectivity index (χ1n) is 6.31. The van der Waals surface area contributed by atoms with Crippen molar-refractivity contribution in [3.63, 3.8) is 0 Å². The van der Waals surface area contributed by atoms with Crippen molar-refractivity contribution in [2.75, 3.05) is 0 Å². The normalized spacial score (nSPS) is 10.9. The Bertz CT molecular complexity index is 457. The quantitative estimate of drug-likeness (QED) is 0.649. The summed E-state index contributed by atoms with van der Waals surface area (Å²) < 4.78 is 5.60. The lowest BCUT2D eigenvalue weighted by Crippen LogP contribution is -1.92. The SMILES string of the molecule is CCCC[CH]OCc1cccc2ccccc12. The standard InChI is InChI=1S/C16H19O/c1-2-3-6-12-17-13-15-10-7-9-14-8-4-5-11-16(14)15/h4-5,7-12H,2-3,6,13H2,1H3. The molecule has 1 heteroatoms. The van der Waals surface area contributed by atoms with Gasteiger partial charge in [-0.25, -0.2) is 0 Å². The van der Waals surface area contributed by atoms with Gasteiger partial charge in [0.1, 0.15) is 0 Å². The zero-order chi connectivity index (χ0) is 11.9. The van der Waals surface area contributed by atoms with Crippen molar-refractivity contribution < 1.29 is 4.74 Å². The largest absolute Gasteiger partial charge is 0.371 e. The molecule has 0 aliphatic heterocycles. The Hall–Kier alpha value is -1.34. The molecule has 0 N–H and O–H groups in total. The predicted molar refractivity (Wildman–Crippen MR) is 72.6 cm³/mol. The van der Waals surface area contributed by atoms with Crippen LogP contribution in [0.3, 0.4) is 0 Å². The molecule has 0 saturated carbocycles. The Kier molecular flexibility index (Phi) is 4.57. The minimum atomic E-state index is 0.672. The molecule has 0 unspecified atom stereocenters. The monoisotopic (exact) mass is 227 g/mol. The van der Waals surface area contributed by atoms with E-state index in [2.05, 4.69) is 49.4 Å². The van der Waals surface area contributed by atoms with Crippen LogP contribution < -0.4 is 0 Å². The number of hydrogen-bond donors (Lipinski definition) is 0. The Morgan fingerprint density at radius 1 is 1.06 bits per heavy atom. The fraction of sp³-hybridized carbons (Fsp3) is 0.312. The summed E-state index contributed by atoms with van der Waals surface area (Å²) in [5.74, 6) is 0. The van der Waals surface area contributed by atoms with Crippen molar-refractivity contribution in [2.45, 2.75) is 32.8 Å². The summed E-state index contributed by atoms with van der Waals surface area (Å²) in [5.41, 5.74) is 1.26. The van der Waals surface area contributed by atoms with Crippen LogP contribution >= 0.6 is 0 Å². The maximum absolute atomic E-state index is 5.60. The van der Waals surface area contributed by atoms with Crippen molar-refractivity contribution in [3.05, 3.63) is 54.6 Å². The van der Waals surface area contributed by atoms with E-state index >= 15 is 0 Å². The van der Waals surface area contributed by atoms with Gasteiger partial charge < -0.3 is 4.74 Å². The van der Waals surface area contributed by atoms with E-state index < -0.39 is 0 Å². The minimum absolute atomic E-state index is 0.672. The van der Waals surface area contributed by atoms with Gasteiger partial charge in [-0.1, -0.05) is 62.2 Å². The lowest BCUT2D eigenvalue weighted by molar-refractivity contribution is 0.178. The van der Waals surface area contributed by atoms with Crippen LogP contribution in [0, 0.1) is 6.61 Å². The van der Waals surface area contributed by atoms with Crippen molar-refractivity contribution in [1.82, 2.24) is 0 Å². The topological polar surface area (TPSA) is 9.23 Å². The summed E-state index contributed by atoms with van der Waals surface area (Å²) in [4.78, 5) is 0. The minimum Gasteiger partial charge on any atom is -0.371 e. The molecule has 0 fully saturated rings. The molecule has 0 atom stereocenters. The van der Waals surface area contributed by atoms with Crippen molar-refractivity contribution in [3.8, 4) is 0 Å². The molecule has 1 nitrogen and oxygen atoms in total. The van der Waals surface area contributed by atoms with Gasteiger partial charge in [0.2, 0.25) is 0 Å². The van der Waals surface area contributed by atoms with Crippen molar-refractivity contribution in [1.29, 1.82) is 0 Å². The highest BCUT2D eigenvalue weighted by molar-refractivity contribution is 5.85. The van der Waals surface area contributed by atoms with Crippen LogP contribution in [0.15, 0.2) is 42.5 Å². The smallest absolute Gasteiger partial charge is 0.0841 e. The second-order valence-corrected chi connectivity index (χ2v) is 4.26. The first kappa shape index (κ1) is 12.1. The van der Waals surface area contributed by atoms with Crippen LogP contribution in [0.1, 0.15) is 31.7 Å². The third-order valence-corrected chi connectivity index (χ3v) is 2.91. The lowest BCUT2D eigenvalue weighted by atomic mass is 10.1. The summed E-state index contributed by atoms with van der Waals surface area (Å²) in [6, 6.07) is 14.8. The summed E-state index contributed by atoms with van der Waals surface area (Å²) in [6.07, 6.45) is 3.46. The third kappa shape index (κ3) is 3.31. The number of rotatable bonds is 6. The zero-order valence-electron chi connectivity index (χ0n) is 10.4. The molecular weight excluding hydrogens is 208 g/mol. The van der Waals surface area contributed by atoms with Gasteiger partial charge in [-0.05, 0) is 22.8 Å². The lowest BCUT2D eigenvalue weighted by Gasteiger charge is -2.07. The van der Waals surface area contributed by atoms with Gasteiger partial charge in [0.05, 0.1) is 13.2 Å². The van der Waals surface area contributed by atoms with Crippen molar-refractivity contribution >= 4 is 10.8 Å². The molecule has 1 radical (unpaired) electrons. The number of ether oxygens (including phenoxy) is 1. The molecule has 0 spiro atoms. The average molecular weight is 227 g/mol. The van der Waals surface area contributed by atoms with Crippen LogP contribution in [0.5, 0.6) is 0 Å². The maximum atomic E-state index is 5.60. The third-order valence-electron chi connectivity index (χ3n) is 2.91. The van der Waals surface area contributed by atoms with Gasteiger partial charge in [0.15, 0.2) is 0 Å². The summed E-state index contributed by atoms with van der Waals surface area (Å²) in [6.45, 7) is 4.80. The molecule has 0 amide bonds. The van der Waals surface area contributed by atoms with E-state index in [1.807, 2.05) is 6.61 Å². The highest BCUT2D eigenvalue weighted by Gasteiger charge is 1.99. The molecule has 0 bridgehead atoms. The van der Waals surface area contributed by atoms with E-state index in [4.69, 9.17) is 4.74 Å². The van der Waals surface area contributed by atoms with Gasteiger partial charge >= 0.3 is 0 Å². The predicted octanol–water partition coefficient (Wildman–Crippen LogP) is 4.71. The molecule has 2 rings (SSSR count). The number of hydrogen-bond acceptors (Lipinski definition) is 1. The van der Waals surface area contributed by atoms with Crippen LogP contribution in [0.2, 0.25) is 0 Å². The second kappa shape index (κ2) is 6.41. The Balaban J connectivity index is 1.98. The Morgan fingerprint density at radius 2 is 1.88 bits per heavy atom. The molecular formula is C16H19O. The molecule has 0 saturated heterocycles. The molecule has 2 aromatic rings. The average Bonchev–Trinajstić information content (AvgIpc) is 2.39. The maximum Gasteiger partial charge on any atom is 0.0841 e. The number of unbranched alkanes of at least 4 members (excludes halogenated alkanes) is 2. The highest BCUT2D eigenvalue weighted by Crippen LogP contribution is 2.19. The van der Waals surface area contributed by atoms with Crippen molar-refractivity contribution in [2.24, 2.45) is 0 Å². The van der Waals surface area contributed by atoms with E-state index in [9.17, 15) is 0 Å². The summed E-state index contributed by atoms with van der Waals surface area (Å²) in [5, 5.41) is 2.57. The summed E-state index contributed by atoms with van der Waals surface area (Å²) in [7, 11) is 0. The van der Waals surface area contributed by atoms with Gasteiger partial charge in [0.25, 0.3) is 0 Å². The Morgan fingerprint density at radius 3 is 2.76 bits per heavy atom. The summed E-state index contributed by atoms with van der Waals surface area (Å²) >= 11 is 0. The molecule has 89 valence electrons. The first-order chi connectivity index (χ1) is 8.42. The molecule has 2 aromatic carbocycles. The highest BCUT2D eigenvalue weighted by atomic mass is 16.5. The molecule has 17 heavy (non-hydrogen) atoms. The van der Waals surface area contributed by atoms with Gasteiger partial charge in [0, 0.05) is 0 Å². The van der Waals surface area contributed by atoms with Gasteiger partial charge in [-0.3, -0.25) is 0 Å². The van der Waals surface area contributed by atoms with Crippen LogP contribution in [0.4, 0.5) is 0 Å². The molecule has 0 aromatic heterocycles. The molecule has 0 aliphatic carbocycles. The van der Waals surface area contributed by atoms with Crippen LogP contribution in [-0.4, -0.2) is 0 Å². The number of benzene rings is 2. The molecule has 0 aliphatic rings. The fourth-order valence-corrected chi connectivity index (χ4v) is 1.94. The van der Waals surface area contributed by atoms with Crippen LogP contribution in [-0.2, 0) is 11.3 Å². The second-order valence-electron chi connectivity index (χ2n) is 4.26. The first-order valence-corrected chi connectivity index (χ1v) is 6.31. The van der Waals surface area contributed by atoms with Gasteiger partial charge in [-0.15, -0.1) is 0 Å². The fourth-order valence-electron chi connectivity index (χ4n) is 1.94. The number of fused-ring (bicyclic) bond motifs is 1. The van der Waals surface area contributed by atoms with Gasteiger partial charge in [-0.2, -0.15) is 0 Å².